The summed E-state index contributed by atoms with van der Waals surface area (Å²) in [6, 6.07) is 6.06. The number of aromatic nitrogens is 5. The average Bonchev–Trinajstić information content (AvgIpc) is 3.52. The van der Waals surface area contributed by atoms with E-state index in [0.29, 0.717) is 22.4 Å². The van der Waals surface area contributed by atoms with Crippen LogP contribution in [0, 0.1) is 6.92 Å². The zero-order valence-corrected chi connectivity index (χ0v) is 17.2. The van der Waals surface area contributed by atoms with Gasteiger partial charge in [-0.3, -0.25) is 14.6 Å². The van der Waals surface area contributed by atoms with Crippen molar-refractivity contribution < 1.29 is 9.53 Å². The Kier molecular flexibility index (Phi) is 4.93. The number of aromatic amines is 1. The molecule has 1 unspecified atom stereocenters. The fraction of sp³-hybridized carbons (Fsp3) is 0.300. The van der Waals surface area contributed by atoms with Crippen molar-refractivity contribution in [1.29, 1.82) is 0 Å². The number of amides is 1. The van der Waals surface area contributed by atoms with E-state index < -0.39 is 0 Å². The zero-order valence-electron chi connectivity index (χ0n) is 16.4. The number of carbonyl (C=O) groups is 1. The van der Waals surface area contributed by atoms with Crippen molar-refractivity contribution in [2.45, 2.75) is 25.8 Å². The fourth-order valence-electron chi connectivity index (χ4n) is 3.55. The Morgan fingerprint density at radius 1 is 1.33 bits per heavy atom. The predicted octanol–water partition coefficient (Wildman–Crippen LogP) is 3.87. The molecule has 1 aliphatic heterocycles. The van der Waals surface area contributed by atoms with Gasteiger partial charge in [-0.05, 0) is 31.4 Å². The predicted molar refractivity (Wildman–Crippen MR) is 115 cm³/mol. The number of anilines is 3. The summed E-state index contributed by atoms with van der Waals surface area (Å²) < 4.78 is 7.46. The molecule has 0 spiro atoms. The summed E-state index contributed by atoms with van der Waals surface area (Å²) in [5, 5.41) is 19.2. The molecule has 4 heterocycles. The van der Waals surface area contributed by atoms with Crippen LogP contribution in [-0.4, -0.2) is 44.1 Å². The smallest absolute Gasteiger partial charge is 0.267 e. The van der Waals surface area contributed by atoms with Crippen LogP contribution in [0.15, 0.2) is 36.8 Å². The maximum absolute atomic E-state index is 12.8. The maximum atomic E-state index is 12.8. The normalized spacial score (nSPS) is 16.6. The van der Waals surface area contributed by atoms with E-state index in [-0.39, 0.29) is 11.9 Å². The molecule has 1 aliphatic rings. The monoisotopic (exact) mass is 423 g/mol. The van der Waals surface area contributed by atoms with E-state index in [9.17, 15) is 4.79 Å². The third-order valence-electron chi connectivity index (χ3n) is 5.15. The number of rotatable bonds is 5. The van der Waals surface area contributed by atoms with E-state index in [4.69, 9.17) is 4.74 Å². The van der Waals surface area contributed by atoms with Gasteiger partial charge in [0, 0.05) is 24.3 Å². The lowest BCUT2D eigenvalue weighted by atomic mass is 10.1. The number of thiazole rings is 1. The van der Waals surface area contributed by atoms with E-state index in [2.05, 4.69) is 30.9 Å². The zero-order chi connectivity index (χ0) is 20.5. The molecule has 9 nitrogen and oxygen atoms in total. The Hall–Kier alpha value is -3.24. The summed E-state index contributed by atoms with van der Waals surface area (Å²) in [5.74, 6) is 0.489. The van der Waals surface area contributed by atoms with Gasteiger partial charge in [0.05, 0.1) is 36.2 Å². The molecule has 0 radical (unpaired) electrons. The third kappa shape index (κ3) is 3.66. The first-order valence-corrected chi connectivity index (χ1v) is 10.6. The van der Waals surface area contributed by atoms with Crippen molar-refractivity contribution in [3.63, 3.8) is 0 Å². The Balaban J connectivity index is 1.28. The molecular formula is C20H21N7O2S. The lowest BCUT2D eigenvalue weighted by molar-refractivity contribution is 0.0550. The minimum atomic E-state index is -0.206. The minimum absolute atomic E-state index is 0.206. The molecule has 3 N–H and O–H groups in total. The molecule has 1 saturated heterocycles. The second-order valence-electron chi connectivity index (χ2n) is 7.25. The standard InChI is InChI=1S/C20H21N7O2S/c1-12-4-5-15-14(9-22-25-15)18(12)24-19(28)16-10-21-20(30-16)23-17-6-7-27(26-17)13-3-2-8-29-11-13/h4-7,9-10,13H,2-3,8,11H2,1H3,(H,22,25)(H,24,28)(H,21,23,26). The minimum Gasteiger partial charge on any atom is -0.379 e. The molecule has 1 fully saturated rings. The van der Waals surface area contributed by atoms with Gasteiger partial charge in [0.15, 0.2) is 10.9 Å². The SMILES string of the molecule is Cc1ccc2[nH]ncc2c1NC(=O)c1cnc(Nc2ccn(C3CCCOC3)n2)s1. The molecule has 1 atom stereocenters. The molecular weight excluding hydrogens is 402 g/mol. The van der Waals surface area contributed by atoms with Crippen molar-refractivity contribution >= 4 is 44.8 Å². The topological polar surface area (TPSA) is 110 Å². The number of carbonyl (C=O) groups excluding carboxylic acids is 1. The highest BCUT2D eigenvalue weighted by molar-refractivity contribution is 7.17. The van der Waals surface area contributed by atoms with Crippen molar-refractivity contribution in [3.05, 3.63) is 47.2 Å². The van der Waals surface area contributed by atoms with E-state index in [1.165, 1.54) is 11.3 Å². The first-order chi connectivity index (χ1) is 14.7. The van der Waals surface area contributed by atoms with Crippen molar-refractivity contribution in [2.75, 3.05) is 23.8 Å². The molecule has 0 aliphatic carbocycles. The Labute approximate surface area is 176 Å². The number of benzene rings is 1. The van der Waals surface area contributed by atoms with Crippen LogP contribution in [0.25, 0.3) is 10.9 Å². The van der Waals surface area contributed by atoms with Crippen LogP contribution in [0.4, 0.5) is 16.6 Å². The van der Waals surface area contributed by atoms with Gasteiger partial charge in [-0.1, -0.05) is 17.4 Å². The highest BCUT2D eigenvalue weighted by Gasteiger charge is 2.18. The van der Waals surface area contributed by atoms with E-state index in [1.54, 1.807) is 12.4 Å². The summed E-state index contributed by atoms with van der Waals surface area (Å²) in [6.07, 6.45) is 7.33. The van der Waals surface area contributed by atoms with Crippen LogP contribution < -0.4 is 10.6 Å². The third-order valence-corrected chi connectivity index (χ3v) is 6.07. The second-order valence-corrected chi connectivity index (χ2v) is 8.28. The van der Waals surface area contributed by atoms with Crippen LogP contribution in [0.2, 0.25) is 0 Å². The van der Waals surface area contributed by atoms with Gasteiger partial charge in [0.2, 0.25) is 0 Å². The second kappa shape index (κ2) is 7.88. The largest absolute Gasteiger partial charge is 0.379 e. The molecule has 4 aromatic rings. The van der Waals surface area contributed by atoms with Crippen LogP contribution >= 0.6 is 11.3 Å². The maximum Gasteiger partial charge on any atom is 0.267 e. The molecule has 30 heavy (non-hydrogen) atoms. The van der Waals surface area contributed by atoms with Crippen LogP contribution in [-0.2, 0) is 4.74 Å². The number of hydrogen-bond acceptors (Lipinski definition) is 7. The summed E-state index contributed by atoms with van der Waals surface area (Å²) in [5.41, 5.74) is 2.60. The summed E-state index contributed by atoms with van der Waals surface area (Å²) in [7, 11) is 0. The molecule has 10 heteroatoms. The quantitative estimate of drug-likeness (QED) is 0.449. The van der Waals surface area contributed by atoms with E-state index >= 15 is 0 Å². The van der Waals surface area contributed by atoms with Crippen LogP contribution in [0.5, 0.6) is 0 Å². The van der Waals surface area contributed by atoms with E-state index in [1.807, 2.05) is 36.0 Å². The highest BCUT2D eigenvalue weighted by atomic mass is 32.1. The Morgan fingerprint density at radius 2 is 2.27 bits per heavy atom. The van der Waals surface area contributed by atoms with Crippen LogP contribution in [0.1, 0.15) is 34.1 Å². The fourth-order valence-corrected chi connectivity index (χ4v) is 4.27. The number of fused-ring (bicyclic) bond motifs is 1. The van der Waals surface area contributed by atoms with Gasteiger partial charge in [0.25, 0.3) is 5.91 Å². The number of nitrogens with one attached hydrogen (secondary N) is 3. The molecule has 3 aromatic heterocycles. The summed E-state index contributed by atoms with van der Waals surface area (Å²) in [6.45, 7) is 3.46. The Bertz CT molecular complexity index is 1190. The molecule has 0 bridgehead atoms. The first kappa shape index (κ1) is 18.8. The average molecular weight is 424 g/mol. The first-order valence-electron chi connectivity index (χ1n) is 9.77. The lowest BCUT2D eigenvalue weighted by Crippen LogP contribution is -2.21. The molecule has 0 saturated carbocycles. The van der Waals surface area contributed by atoms with Crippen LogP contribution in [0.3, 0.4) is 0 Å². The Morgan fingerprint density at radius 3 is 3.13 bits per heavy atom. The molecule has 1 aromatic carbocycles. The molecule has 5 rings (SSSR count). The van der Waals surface area contributed by atoms with Crippen molar-refractivity contribution in [1.82, 2.24) is 25.0 Å². The van der Waals surface area contributed by atoms with E-state index in [0.717, 1.165) is 41.6 Å². The lowest BCUT2D eigenvalue weighted by Gasteiger charge is -2.22. The van der Waals surface area contributed by atoms with Gasteiger partial charge in [-0.15, -0.1) is 0 Å². The molecule has 154 valence electrons. The molecule has 1 amide bonds. The van der Waals surface area contributed by atoms with Gasteiger partial charge in [0.1, 0.15) is 4.88 Å². The van der Waals surface area contributed by atoms with Gasteiger partial charge in [-0.25, -0.2) is 4.98 Å². The van der Waals surface area contributed by atoms with Gasteiger partial charge >= 0.3 is 0 Å². The summed E-state index contributed by atoms with van der Waals surface area (Å²) >= 11 is 1.28. The number of hydrogen-bond donors (Lipinski definition) is 3. The summed E-state index contributed by atoms with van der Waals surface area (Å²) in [4.78, 5) is 17.6. The van der Waals surface area contributed by atoms with Crippen molar-refractivity contribution in [3.8, 4) is 0 Å². The number of aryl methyl sites for hydroxylation is 1. The number of ether oxygens (including phenoxy) is 1. The van der Waals surface area contributed by atoms with Gasteiger partial charge in [-0.2, -0.15) is 10.2 Å². The highest BCUT2D eigenvalue weighted by Crippen LogP contribution is 2.28. The van der Waals surface area contributed by atoms with Gasteiger partial charge < -0.3 is 15.4 Å². The number of nitrogens with zero attached hydrogens (tertiary/aromatic N) is 4. The number of H-pyrrole nitrogens is 1. The van der Waals surface area contributed by atoms with Crippen molar-refractivity contribution in [2.24, 2.45) is 0 Å².